The van der Waals surface area contributed by atoms with Crippen LogP contribution in [0.1, 0.15) is 17.7 Å². The van der Waals surface area contributed by atoms with E-state index in [-0.39, 0.29) is 5.91 Å². The van der Waals surface area contributed by atoms with Crippen LogP contribution in [0, 0.1) is 6.92 Å². The lowest BCUT2D eigenvalue weighted by atomic mass is 10.1. The predicted molar refractivity (Wildman–Crippen MR) is 84.2 cm³/mol. The maximum Gasteiger partial charge on any atom is 0.225 e. The molecule has 3 aromatic rings. The number of hydrogen-bond acceptors (Lipinski definition) is 2. The summed E-state index contributed by atoms with van der Waals surface area (Å²) in [5.41, 5.74) is 3.46. The number of aromatic nitrogens is 2. The zero-order valence-electron chi connectivity index (χ0n) is 11.9. The molecule has 1 amide bonds. The van der Waals surface area contributed by atoms with Crippen LogP contribution >= 0.6 is 0 Å². The molecular formula is C17H17N3O. The second kappa shape index (κ2) is 5.79. The van der Waals surface area contributed by atoms with Gasteiger partial charge in [-0.1, -0.05) is 24.3 Å². The highest BCUT2D eigenvalue weighted by Gasteiger charge is 2.10. The minimum atomic E-state index is -0.0154. The van der Waals surface area contributed by atoms with Crippen LogP contribution in [-0.2, 0) is 11.2 Å². The van der Waals surface area contributed by atoms with Gasteiger partial charge < -0.3 is 10.3 Å². The minimum Gasteiger partial charge on any atom is -0.358 e. The Labute approximate surface area is 123 Å². The van der Waals surface area contributed by atoms with Gasteiger partial charge in [0.25, 0.3) is 0 Å². The number of aromatic amines is 1. The van der Waals surface area contributed by atoms with Crippen molar-refractivity contribution in [3.8, 4) is 0 Å². The Morgan fingerprint density at radius 3 is 2.81 bits per heavy atom. The second-order valence-corrected chi connectivity index (χ2v) is 5.04. The number of nitrogens with one attached hydrogen (secondary N) is 2. The smallest absolute Gasteiger partial charge is 0.225 e. The first kappa shape index (κ1) is 13.4. The standard InChI is InChI=1S/C17H17N3O/c1-12-13(14-6-2-3-7-15(14)19-12)9-10-17(21)20-16-8-4-5-11-18-16/h2-8,11,19H,9-10H2,1H3,(H,18,20,21). The lowest BCUT2D eigenvalue weighted by Gasteiger charge is -2.04. The highest BCUT2D eigenvalue weighted by Crippen LogP contribution is 2.23. The summed E-state index contributed by atoms with van der Waals surface area (Å²) in [7, 11) is 0. The lowest BCUT2D eigenvalue weighted by molar-refractivity contribution is -0.116. The minimum absolute atomic E-state index is 0.0154. The van der Waals surface area contributed by atoms with Crippen molar-refractivity contribution in [2.45, 2.75) is 19.8 Å². The number of nitrogens with zero attached hydrogens (tertiary/aromatic N) is 1. The van der Waals surface area contributed by atoms with Crippen LogP contribution in [0.3, 0.4) is 0 Å². The molecule has 2 heterocycles. The molecule has 4 heteroatoms. The summed E-state index contributed by atoms with van der Waals surface area (Å²) in [5, 5.41) is 4.01. The fraction of sp³-hybridized carbons (Fsp3) is 0.176. The van der Waals surface area contributed by atoms with Crippen LogP contribution in [0.4, 0.5) is 5.82 Å². The van der Waals surface area contributed by atoms with Crippen LogP contribution in [0.25, 0.3) is 10.9 Å². The van der Waals surface area contributed by atoms with Crippen molar-refractivity contribution >= 4 is 22.6 Å². The van der Waals surface area contributed by atoms with Gasteiger partial charge in [-0.05, 0) is 37.1 Å². The lowest BCUT2D eigenvalue weighted by Crippen LogP contribution is -2.13. The number of H-pyrrole nitrogens is 1. The predicted octanol–water partition coefficient (Wildman–Crippen LogP) is 3.44. The van der Waals surface area contributed by atoms with Crippen molar-refractivity contribution in [1.29, 1.82) is 0 Å². The number of fused-ring (bicyclic) bond motifs is 1. The molecule has 4 nitrogen and oxygen atoms in total. The molecule has 0 saturated carbocycles. The number of pyridine rings is 1. The normalized spacial score (nSPS) is 10.7. The average Bonchev–Trinajstić information content (AvgIpc) is 2.81. The largest absolute Gasteiger partial charge is 0.358 e. The molecule has 0 unspecified atom stereocenters. The van der Waals surface area contributed by atoms with Gasteiger partial charge in [-0.15, -0.1) is 0 Å². The molecule has 0 aliphatic heterocycles. The molecule has 2 N–H and O–H groups in total. The van der Waals surface area contributed by atoms with E-state index < -0.39 is 0 Å². The Hall–Kier alpha value is -2.62. The van der Waals surface area contributed by atoms with Gasteiger partial charge in [0.2, 0.25) is 5.91 Å². The molecule has 1 aromatic carbocycles. The van der Waals surface area contributed by atoms with E-state index in [1.54, 1.807) is 12.3 Å². The maximum atomic E-state index is 12.0. The van der Waals surface area contributed by atoms with E-state index in [2.05, 4.69) is 27.4 Å². The van der Waals surface area contributed by atoms with Crippen molar-refractivity contribution in [1.82, 2.24) is 9.97 Å². The summed E-state index contributed by atoms with van der Waals surface area (Å²) in [6.07, 6.45) is 2.83. The molecule has 0 saturated heterocycles. The van der Waals surface area contributed by atoms with E-state index >= 15 is 0 Å². The zero-order valence-corrected chi connectivity index (χ0v) is 11.9. The second-order valence-electron chi connectivity index (χ2n) is 5.04. The number of carbonyl (C=O) groups excluding carboxylic acids is 1. The summed E-state index contributed by atoms with van der Waals surface area (Å²) in [4.78, 5) is 19.4. The van der Waals surface area contributed by atoms with Gasteiger partial charge in [-0.2, -0.15) is 0 Å². The Balaban J connectivity index is 1.69. The van der Waals surface area contributed by atoms with E-state index in [0.717, 1.165) is 11.2 Å². The summed E-state index contributed by atoms with van der Waals surface area (Å²) in [6.45, 7) is 2.05. The molecule has 0 atom stereocenters. The van der Waals surface area contributed by atoms with E-state index in [9.17, 15) is 4.79 Å². The fourth-order valence-corrected chi connectivity index (χ4v) is 2.54. The average molecular weight is 279 g/mol. The van der Waals surface area contributed by atoms with E-state index in [4.69, 9.17) is 0 Å². The highest BCUT2D eigenvalue weighted by atomic mass is 16.1. The molecule has 0 aliphatic carbocycles. The molecule has 0 radical (unpaired) electrons. The van der Waals surface area contributed by atoms with Gasteiger partial charge >= 0.3 is 0 Å². The van der Waals surface area contributed by atoms with Crippen molar-refractivity contribution in [3.63, 3.8) is 0 Å². The molecule has 106 valence electrons. The molecule has 0 aliphatic rings. The zero-order chi connectivity index (χ0) is 14.7. The Kier molecular flexibility index (Phi) is 3.69. The van der Waals surface area contributed by atoms with Crippen LogP contribution in [0.5, 0.6) is 0 Å². The molecular weight excluding hydrogens is 262 g/mol. The number of anilines is 1. The summed E-state index contributed by atoms with van der Waals surface area (Å²) in [6, 6.07) is 13.6. The van der Waals surface area contributed by atoms with E-state index in [1.165, 1.54) is 10.9 Å². The summed E-state index contributed by atoms with van der Waals surface area (Å²) in [5.74, 6) is 0.580. The van der Waals surface area contributed by atoms with Crippen LogP contribution in [-0.4, -0.2) is 15.9 Å². The molecule has 3 rings (SSSR count). The van der Waals surface area contributed by atoms with Gasteiger partial charge in [0.15, 0.2) is 0 Å². The van der Waals surface area contributed by atoms with Crippen molar-refractivity contribution < 1.29 is 4.79 Å². The van der Waals surface area contributed by atoms with Gasteiger partial charge in [-0.3, -0.25) is 4.79 Å². The van der Waals surface area contributed by atoms with Crippen LogP contribution < -0.4 is 5.32 Å². The van der Waals surface area contributed by atoms with Crippen LogP contribution in [0.15, 0.2) is 48.7 Å². The maximum absolute atomic E-state index is 12.0. The first-order chi connectivity index (χ1) is 10.2. The molecule has 21 heavy (non-hydrogen) atoms. The molecule has 0 fully saturated rings. The molecule has 2 aromatic heterocycles. The van der Waals surface area contributed by atoms with Gasteiger partial charge in [0.05, 0.1) is 0 Å². The Bertz CT molecular complexity index is 762. The summed E-state index contributed by atoms with van der Waals surface area (Å²) >= 11 is 0. The molecule has 0 spiro atoms. The monoisotopic (exact) mass is 279 g/mol. The number of amides is 1. The number of para-hydroxylation sites is 1. The van der Waals surface area contributed by atoms with Crippen LogP contribution in [0.2, 0.25) is 0 Å². The third-order valence-electron chi connectivity index (χ3n) is 3.56. The van der Waals surface area contributed by atoms with E-state index in [0.29, 0.717) is 18.7 Å². The van der Waals surface area contributed by atoms with Crippen molar-refractivity contribution in [2.24, 2.45) is 0 Å². The Morgan fingerprint density at radius 1 is 1.19 bits per heavy atom. The first-order valence-electron chi connectivity index (χ1n) is 7.01. The SMILES string of the molecule is Cc1[nH]c2ccccc2c1CCC(=O)Nc1ccccn1. The van der Waals surface area contributed by atoms with Crippen molar-refractivity contribution in [3.05, 3.63) is 59.9 Å². The number of rotatable bonds is 4. The molecule has 0 bridgehead atoms. The van der Waals surface area contributed by atoms with Gasteiger partial charge in [-0.25, -0.2) is 4.98 Å². The van der Waals surface area contributed by atoms with Crippen molar-refractivity contribution in [2.75, 3.05) is 5.32 Å². The summed E-state index contributed by atoms with van der Waals surface area (Å²) < 4.78 is 0. The van der Waals surface area contributed by atoms with E-state index in [1.807, 2.05) is 31.2 Å². The number of hydrogen-bond donors (Lipinski definition) is 2. The Morgan fingerprint density at radius 2 is 2.00 bits per heavy atom. The quantitative estimate of drug-likeness (QED) is 0.768. The highest BCUT2D eigenvalue weighted by molar-refractivity contribution is 5.91. The topological polar surface area (TPSA) is 57.8 Å². The van der Waals surface area contributed by atoms with Gasteiger partial charge in [0.1, 0.15) is 5.82 Å². The number of carbonyl (C=O) groups is 1. The third kappa shape index (κ3) is 2.94. The van der Waals surface area contributed by atoms with Gasteiger partial charge in [0, 0.05) is 29.2 Å². The third-order valence-corrected chi connectivity index (χ3v) is 3.56. The number of benzene rings is 1. The fourth-order valence-electron chi connectivity index (χ4n) is 2.54. The number of aryl methyl sites for hydroxylation is 2. The first-order valence-corrected chi connectivity index (χ1v) is 7.01.